The van der Waals surface area contributed by atoms with Gasteiger partial charge in [0.15, 0.2) is 0 Å². The summed E-state index contributed by atoms with van der Waals surface area (Å²) in [5.74, 6) is -0.104. The minimum atomic E-state index is -0.380. The topological polar surface area (TPSA) is 50.2 Å². The van der Waals surface area contributed by atoms with Gasteiger partial charge >= 0.3 is 0 Å². The van der Waals surface area contributed by atoms with Gasteiger partial charge in [-0.2, -0.15) is 5.10 Å². The molecule has 0 saturated carbocycles. The highest BCUT2D eigenvalue weighted by atomic mass is 16.2. The van der Waals surface area contributed by atoms with Crippen molar-refractivity contribution in [1.82, 2.24) is 9.78 Å². The SMILES string of the molecule is CC(C(=O)Nc1ccccc1N(C)c1ccccc1)n1cccn1. The molecule has 122 valence electrons. The third-order valence-corrected chi connectivity index (χ3v) is 3.97. The molecule has 1 atom stereocenters. The summed E-state index contributed by atoms with van der Waals surface area (Å²) in [6, 6.07) is 19.2. The van der Waals surface area contributed by atoms with E-state index in [0.29, 0.717) is 0 Å². The molecule has 0 spiro atoms. The molecule has 1 amide bonds. The number of nitrogens with zero attached hydrogens (tertiary/aromatic N) is 3. The molecule has 1 N–H and O–H groups in total. The predicted molar refractivity (Wildman–Crippen MR) is 96.5 cm³/mol. The van der Waals surface area contributed by atoms with Crippen LogP contribution in [0.2, 0.25) is 0 Å². The highest BCUT2D eigenvalue weighted by Gasteiger charge is 2.17. The van der Waals surface area contributed by atoms with E-state index in [4.69, 9.17) is 0 Å². The summed E-state index contributed by atoms with van der Waals surface area (Å²) in [4.78, 5) is 14.6. The quantitative estimate of drug-likeness (QED) is 0.777. The van der Waals surface area contributed by atoms with Crippen LogP contribution in [0, 0.1) is 0 Å². The third-order valence-electron chi connectivity index (χ3n) is 3.97. The molecule has 1 aromatic heterocycles. The fraction of sp³-hybridized carbons (Fsp3) is 0.158. The van der Waals surface area contributed by atoms with Crippen LogP contribution < -0.4 is 10.2 Å². The molecule has 0 aliphatic rings. The molecule has 3 rings (SSSR count). The number of para-hydroxylation sites is 3. The highest BCUT2D eigenvalue weighted by molar-refractivity contribution is 5.97. The van der Waals surface area contributed by atoms with Crippen molar-refractivity contribution in [2.24, 2.45) is 0 Å². The van der Waals surface area contributed by atoms with Crippen LogP contribution in [0.5, 0.6) is 0 Å². The Morgan fingerprint density at radius 1 is 1.08 bits per heavy atom. The monoisotopic (exact) mass is 320 g/mol. The second-order valence-electron chi connectivity index (χ2n) is 5.56. The molecule has 5 heteroatoms. The van der Waals surface area contributed by atoms with E-state index in [9.17, 15) is 4.79 Å². The number of rotatable bonds is 5. The number of aromatic nitrogens is 2. The fourth-order valence-electron chi connectivity index (χ4n) is 2.53. The Kier molecular flexibility index (Phi) is 4.61. The molecule has 0 fully saturated rings. The average molecular weight is 320 g/mol. The van der Waals surface area contributed by atoms with Crippen LogP contribution in [0.15, 0.2) is 73.1 Å². The van der Waals surface area contributed by atoms with Gasteiger partial charge in [-0.3, -0.25) is 9.48 Å². The summed E-state index contributed by atoms with van der Waals surface area (Å²) in [7, 11) is 1.98. The van der Waals surface area contributed by atoms with Gasteiger partial charge in [-0.05, 0) is 37.3 Å². The molecule has 0 bridgehead atoms. The first-order valence-corrected chi connectivity index (χ1v) is 7.84. The van der Waals surface area contributed by atoms with Gasteiger partial charge in [0.25, 0.3) is 0 Å². The Bertz CT molecular complexity index is 799. The van der Waals surface area contributed by atoms with Gasteiger partial charge in [-0.15, -0.1) is 0 Å². The first-order chi connectivity index (χ1) is 11.7. The minimum absolute atomic E-state index is 0.104. The lowest BCUT2D eigenvalue weighted by Crippen LogP contribution is -2.25. The van der Waals surface area contributed by atoms with Crippen LogP contribution in [0.4, 0.5) is 17.1 Å². The molecule has 1 unspecified atom stereocenters. The number of benzene rings is 2. The minimum Gasteiger partial charge on any atom is -0.343 e. The summed E-state index contributed by atoms with van der Waals surface area (Å²) < 4.78 is 1.64. The van der Waals surface area contributed by atoms with Crippen molar-refractivity contribution in [3.63, 3.8) is 0 Å². The molecule has 24 heavy (non-hydrogen) atoms. The highest BCUT2D eigenvalue weighted by Crippen LogP contribution is 2.30. The summed E-state index contributed by atoms with van der Waals surface area (Å²) in [5.41, 5.74) is 2.76. The summed E-state index contributed by atoms with van der Waals surface area (Å²) in [5, 5.41) is 7.14. The van der Waals surface area contributed by atoms with Crippen LogP contribution in [0.3, 0.4) is 0 Å². The molecule has 2 aromatic carbocycles. The number of anilines is 3. The Hall–Kier alpha value is -3.08. The molecule has 0 aliphatic heterocycles. The van der Waals surface area contributed by atoms with E-state index in [1.165, 1.54) is 0 Å². The van der Waals surface area contributed by atoms with Crippen LogP contribution in [0.25, 0.3) is 0 Å². The van der Waals surface area contributed by atoms with E-state index in [1.807, 2.05) is 73.5 Å². The molecular weight excluding hydrogens is 300 g/mol. The van der Waals surface area contributed by atoms with Gasteiger partial charge in [0.2, 0.25) is 5.91 Å². The fourth-order valence-corrected chi connectivity index (χ4v) is 2.53. The van der Waals surface area contributed by atoms with Crippen molar-refractivity contribution >= 4 is 23.0 Å². The summed E-state index contributed by atoms with van der Waals surface area (Å²) >= 11 is 0. The van der Waals surface area contributed by atoms with E-state index in [1.54, 1.807) is 23.1 Å². The van der Waals surface area contributed by atoms with Crippen molar-refractivity contribution in [3.05, 3.63) is 73.1 Å². The number of amides is 1. The van der Waals surface area contributed by atoms with Crippen molar-refractivity contribution in [3.8, 4) is 0 Å². The normalized spacial score (nSPS) is 11.8. The third kappa shape index (κ3) is 3.30. The van der Waals surface area contributed by atoms with Gasteiger partial charge < -0.3 is 10.2 Å². The van der Waals surface area contributed by atoms with Gasteiger partial charge in [0.05, 0.1) is 11.4 Å². The van der Waals surface area contributed by atoms with E-state index in [0.717, 1.165) is 17.1 Å². The largest absolute Gasteiger partial charge is 0.343 e. The lowest BCUT2D eigenvalue weighted by molar-refractivity contribution is -0.119. The Morgan fingerprint density at radius 2 is 1.79 bits per heavy atom. The molecule has 0 saturated heterocycles. The van der Waals surface area contributed by atoms with Crippen molar-refractivity contribution in [1.29, 1.82) is 0 Å². The van der Waals surface area contributed by atoms with Crippen molar-refractivity contribution < 1.29 is 4.79 Å². The average Bonchev–Trinajstić information content (AvgIpc) is 3.16. The van der Waals surface area contributed by atoms with Crippen LogP contribution in [-0.2, 0) is 4.79 Å². The van der Waals surface area contributed by atoms with Gasteiger partial charge in [-0.25, -0.2) is 0 Å². The van der Waals surface area contributed by atoms with Gasteiger partial charge in [0, 0.05) is 25.1 Å². The number of nitrogens with one attached hydrogen (secondary N) is 1. The maximum atomic E-state index is 12.5. The summed E-state index contributed by atoms with van der Waals surface area (Å²) in [6.07, 6.45) is 3.45. The summed E-state index contributed by atoms with van der Waals surface area (Å²) in [6.45, 7) is 1.83. The van der Waals surface area contributed by atoms with E-state index in [-0.39, 0.29) is 11.9 Å². The lowest BCUT2D eigenvalue weighted by atomic mass is 10.2. The first kappa shape index (κ1) is 15.8. The Morgan fingerprint density at radius 3 is 2.50 bits per heavy atom. The van der Waals surface area contributed by atoms with E-state index < -0.39 is 0 Å². The Labute approximate surface area is 141 Å². The zero-order valence-electron chi connectivity index (χ0n) is 13.8. The van der Waals surface area contributed by atoms with Crippen molar-refractivity contribution in [2.75, 3.05) is 17.3 Å². The van der Waals surface area contributed by atoms with Gasteiger partial charge in [-0.1, -0.05) is 30.3 Å². The standard InChI is InChI=1S/C19H20N4O/c1-15(23-14-8-13-20-23)19(24)21-17-11-6-7-12-18(17)22(2)16-9-4-3-5-10-16/h3-15H,1-2H3,(H,21,24). The van der Waals surface area contributed by atoms with Crippen molar-refractivity contribution in [2.45, 2.75) is 13.0 Å². The van der Waals surface area contributed by atoms with Gasteiger partial charge in [0.1, 0.15) is 6.04 Å². The van der Waals surface area contributed by atoms with Crippen LogP contribution in [0.1, 0.15) is 13.0 Å². The molecule has 3 aromatic rings. The molecule has 0 radical (unpaired) electrons. The smallest absolute Gasteiger partial charge is 0.249 e. The molecule has 0 aliphatic carbocycles. The Balaban J connectivity index is 1.83. The number of carbonyl (C=O) groups excluding carboxylic acids is 1. The number of hydrogen-bond acceptors (Lipinski definition) is 3. The van der Waals surface area contributed by atoms with E-state index in [2.05, 4.69) is 10.4 Å². The zero-order chi connectivity index (χ0) is 16.9. The number of carbonyl (C=O) groups is 1. The van der Waals surface area contributed by atoms with Crippen LogP contribution >= 0.6 is 0 Å². The predicted octanol–water partition coefficient (Wildman–Crippen LogP) is 3.85. The maximum absolute atomic E-state index is 12.5. The second kappa shape index (κ2) is 7.00. The zero-order valence-corrected chi connectivity index (χ0v) is 13.8. The van der Waals surface area contributed by atoms with Crippen LogP contribution in [-0.4, -0.2) is 22.7 Å². The molecular formula is C19H20N4O. The second-order valence-corrected chi connectivity index (χ2v) is 5.56. The first-order valence-electron chi connectivity index (χ1n) is 7.84. The van der Waals surface area contributed by atoms with E-state index >= 15 is 0 Å². The number of hydrogen-bond donors (Lipinski definition) is 1. The molecule has 5 nitrogen and oxygen atoms in total. The lowest BCUT2D eigenvalue weighted by Gasteiger charge is -2.23. The maximum Gasteiger partial charge on any atom is 0.249 e. The molecule has 1 heterocycles.